The number of hydrogen-bond donors (Lipinski definition) is 0. The van der Waals surface area contributed by atoms with Gasteiger partial charge in [0.2, 0.25) is 0 Å². The van der Waals surface area contributed by atoms with Gasteiger partial charge in [-0.3, -0.25) is 4.79 Å². The molecule has 100 valence electrons. The molecule has 18 heavy (non-hydrogen) atoms. The highest BCUT2D eigenvalue weighted by molar-refractivity contribution is 5.69. The summed E-state index contributed by atoms with van der Waals surface area (Å²) in [5.41, 5.74) is 0.833. The van der Waals surface area contributed by atoms with Crippen molar-refractivity contribution in [3.8, 4) is 5.75 Å². The summed E-state index contributed by atoms with van der Waals surface area (Å²) < 4.78 is 44.7. The molecule has 0 aromatic heterocycles. The highest BCUT2D eigenvalue weighted by Crippen LogP contribution is 2.19. The van der Waals surface area contributed by atoms with Crippen LogP contribution in [0, 0.1) is 0 Å². The van der Waals surface area contributed by atoms with Crippen LogP contribution in [0.25, 0.3) is 0 Å². The standard InChI is InChI=1S/C12H13F3O3/c1-17-11(16)7-4-9-2-5-10(6-3-9)18-8-12(13,14)15/h2-3,5-6H,4,7-8H2,1H3. The van der Waals surface area contributed by atoms with Crippen molar-refractivity contribution in [2.24, 2.45) is 0 Å². The number of ether oxygens (including phenoxy) is 2. The van der Waals surface area contributed by atoms with E-state index in [0.29, 0.717) is 6.42 Å². The van der Waals surface area contributed by atoms with Crippen molar-refractivity contribution in [3.63, 3.8) is 0 Å². The predicted molar refractivity (Wildman–Crippen MR) is 58.3 cm³/mol. The lowest BCUT2D eigenvalue weighted by atomic mass is 10.1. The van der Waals surface area contributed by atoms with Gasteiger partial charge in [0.15, 0.2) is 6.61 Å². The largest absolute Gasteiger partial charge is 0.484 e. The van der Waals surface area contributed by atoms with E-state index >= 15 is 0 Å². The van der Waals surface area contributed by atoms with E-state index in [0.717, 1.165) is 5.56 Å². The number of alkyl halides is 3. The molecule has 0 radical (unpaired) electrons. The highest BCUT2D eigenvalue weighted by Gasteiger charge is 2.28. The van der Waals surface area contributed by atoms with Crippen molar-refractivity contribution in [2.45, 2.75) is 19.0 Å². The molecule has 1 aromatic rings. The lowest BCUT2D eigenvalue weighted by Crippen LogP contribution is -2.19. The van der Waals surface area contributed by atoms with Gasteiger partial charge in [0, 0.05) is 6.42 Å². The van der Waals surface area contributed by atoms with Gasteiger partial charge in [-0.05, 0) is 24.1 Å². The van der Waals surface area contributed by atoms with Crippen molar-refractivity contribution < 1.29 is 27.4 Å². The Hall–Kier alpha value is -1.72. The molecule has 0 amide bonds. The SMILES string of the molecule is COC(=O)CCc1ccc(OCC(F)(F)F)cc1. The first-order valence-corrected chi connectivity index (χ1v) is 5.26. The van der Waals surface area contributed by atoms with Crippen molar-refractivity contribution in [1.82, 2.24) is 0 Å². The Bertz CT molecular complexity index is 385. The van der Waals surface area contributed by atoms with Gasteiger partial charge in [-0.15, -0.1) is 0 Å². The lowest BCUT2D eigenvalue weighted by molar-refractivity contribution is -0.153. The zero-order valence-electron chi connectivity index (χ0n) is 9.79. The number of aryl methyl sites for hydroxylation is 1. The number of carbonyl (C=O) groups excluding carboxylic acids is 1. The fourth-order valence-corrected chi connectivity index (χ4v) is 1.27. The van der Waals surface area contributed by atoms with Crippen LogP contribution in [0.5, 0.6) is 5.75 Å². The van der Waals surface area contributed by atoms with Gasteiger partial charge in [-0.1, -0.05) is 12.1 Å². The first-order valence-electron chi connectivity index (χ1n) is 5.26. The number of rotatable bonds is 5. The maximum atomic E-state index is 11.9. The lowest BCUT2D eigenvalue weighted by Gasteiger charge is -2.09. The highest BCUT2D eigenvalue weighted by atomic mass is 19.4. The first kappa shape index (κ1) is 14.3. The average Bonchev–Trinajstić information content (AvgIpc) is 2.33. The fraction of sp³-hybridized carbons (Fsp3) is 0.417. The topological polar surface area (TPSA) is 35.5 Å². The van der Waals surface area contributed by atoms with Crippen LogP contribution < -0.4 is 4.74 Å². The Kier molecular flexibility index (Phi) is 5.00. The van der Waals surface area contributed by atoms with E-state index in [2.05, 4.69) is 9.47 Å². The third-order valence-corrected chi connectivity index (χ3v) is 2.17. The second-order valence-corrected chi connectivity index (χ2v) is 3.62. The van der Waals surface area contributed by atoms with Gasteiger partial charge in [0.1, 0.15) is 5.75 Å². The molecule has 6 heteroatoms. The van der Waals surface area contributed by atoms with Crippen molar-refractivity contribution in [1.29, 1.82) is 0 Å². The van der Waals surface area contributed by atoms with Crippen LogP contribution in [0.4, 0.5) is 13.2 Å². The molecule has 0 saturated heterocycles. The smallest absolute Gasteiger partial charge is 0.422 e. The molecule has 0 aliphatic rings. The van der Waals surface area contributed by atoms with Crippen molar-refractivity contribution in [3.05, 3.63) is 29.8 Å². The van der Waals surface area contributed by atoms with E-state index in [1.165, 1.54) is 19.2 Å². The number of methoxy groups -OCH3 is 1. The van der Waals surface area contributed by atoms with E-state index in [1.54, 1.807) is 12.1 Å². The minimum Gasteiger partial charge on any atom is -0.484 e. The van der Waals surface area contributed by atoms with E-state index in [-0.39, 0.29) is 18.1 Å². The Balaban J connectivity index is 2.45. The predicted octanol–water partition coefficient (Wildman–Crippen LogP) is 2.73. The zero-order chi connectivity index (χ0) is 13.6. The Morgan fingerprint density at radius 2 is 1.83 bits per heavy atom. The van der Waals surface area contributed by atoms with Crippen LogP contribution in [-0.4, -0.2) is 25.9 Å². The summed E-state index contributed by atoms with van der Waals surface area (Å²) in [6.07, 6.45) is -3.63. The van der Waals surface area contributed by atoms with Crippen LogP contribution in [0.2, 0.25) is 0 Å². The number of halogens is 3. The maximum Gasteiger partial charge on any atom is 0.422 e. The Morgan fingerprint density at radius 1 is 1.22 bits per heavy atom. The fourth-order valence-electron chi connectivity index (χ4n) is 1.27. The molecule has 0 fully saturated rings. The first-order chi connectivity index (χ1) is 8.40. The molecule has 0 aliphatic carbocycles. The number of esters is 1. The molecule has 0 aliphatic heterocycles. The van der Waals surface area contributed by atoms with Crippen LogP contribution >= 0.6 is 0 Å². The summed E-state index contributed by atoms with van der Waals surface area (Å²) in [5, 5.41) is 0. The second kappa shape index (κ2) is 6.28. The summed E-state index contributed by atoms with van der Waals surface area (Å²) in [6.45, 7) is -1.31. The third kappa shape index (κ3) is 5.56. The van der Waals surface area contributed by atoms with Crippen molar-refractivity contribution >= 4 is 5.97 Å². The van der Waals surface area contributed by atoms with Gasteiger partial charge >= 0.3 is 12.1 Å². The molecule has 0 heterocycles. The quantitative estimate of drug-likeness (QED) is 0.765. The molecule has 1 rings (SSSR count). The Morgan fingerprint density at radius 3 is 2.33 bits per heavy atom. The van der Waals surface area contributed by atoms with Gasteiger partial charge in [-0.25, -0.2) is 0 Å². The summed E-state index contributed by atoms with van der Waals surface area (Å²) in [7, 11) is 1.30. The molecule has 1 aromatic carbocycles. The number of benzene rings is 1. The molecule has 0 atom stereocenters. The zero-order valence-corrected chi connectivity index (χ0v) is 9.79. The summed E-state index contributed by atoms with van der Waals surface area (Å²) in [4.78, 5) is 10.9. The van der Waals surface area contributed by atoms with Crippen LogP contribution in [0.3, 0.4) is 0 Å². The monoisotopic (exact) mass is 262 g/mol. The van der Waals surface area contributed by atoms with Gasteiger partial charge in [-0.2, -0.15) is 13.2 Å². The minimum atomic E-state index is -4.34. The molecule has 0 N–H and O–H groups in total. The van der Waals surface area contributed by atoms with E-state index in [1.807, 2.05) is 0 Å². The summed E-state index contributed by atoms with van der Waals surface area (Å²) in [6, 6.07) is 6.12. The van der Waals surface area contributed by atoms with Crippen molar-refractivity contribution in [2.75, 3.05) is 13.7 Å². The number of carbonyl (C=O) groups is 1. The second-order valence-electron chi connectivity index (χ2n) is 3.62. The molecule has 0 unspecified atom stereocenters. The minimum absolute atomic E-state index is 0.147. The van der Waals surface area contributed by atoms with E-state index in [9.17, 15) is 18.0 Å². The maximum absolute atomic E-state index is 11.9. The molecule has 0 spiro atoms. The van der Waals surface area contributed by atoms with Crippen LogP contribution in [0.15, 0.2) is 24.3 Å². The summed E-state index contributed by atoms with van der Waals surface area (Å²) >= 11 is 0. The Labute approximate surface area is 103 Å². The third-order valence-electron chi connectivity index (χ3n) is 2.17. The molecular weight excluding hydrogens is 249 g/mol. The molecular formula is C12H13F3O3. The van der Waals surface area contributed by atoms with Gasteiger partial charge in [0.05, 0.1) is 7.11 Å². The van der Waals surface area contributed by atoms with Crippen LogP contribution in [-0.2, 0) is 16.0 Å². The van der Waals surface area contributed by atoms with E-state index in [4.69, 9.17) is 0 Å². The van der Waals surface area contributed by atoms with E-state index < -0.39 is 12.8 Å². The normalized spacial score (nSPS) is 11.1. The van der Waals surface area contributed by atoms with Crippen LogP contribution in [0.1, 0.15) is 12.0 Å². The van der Waals surface area contributed by atoms with Gasteiger partial charge in [0.25, 0.3) is 0 Å². The average molecular weight is 262 g/mol. The molecule has 0 bridgehead atoms. The van der Waals surface area contributed by atoms with Gasteiger partial charge < -0.3 is 9.47 Å². The molecule has 3 nitrogen and oxygen atoms in total. The molecule has 0 saturated carbocycles. The number of hydrogen-bond acceptors (Lipinski definition) is 3. The summed E-state index contributed by atoms with van der Waals surface area (Å²) in [5.74, 6) is -0.179.